The highest BCUT2D eigenvalue weighted by Crippen LogP contribution is 2.53. The van der Waals surface area contributed by atoms with Crippen molar-refractivity contribution < 1.29 is 13.9 Å². The number of ether oxygens (including phenoxy) is 1. The van der Waals surface area contributed by atoms with Crippen LogP contribution in [0.15, 0.2) is 15.7 Å². The lowest BCUT2D eigenvalue weighted by Crippen LogP contribution is -2.59. The summed E-state index contributed by atoms with van der Waals surface area (Å²) in [7, 11) is 4.66. The second kappa shape index (κ2) is 13.9. The van der Waals surface area contributed by atoms with Gasteiger partial charge in [-0.1, -0.05) is 11.6 Å². The summed E-state index contributed by atoms with van der Waals surface area (Å²) < 4.78 is 18.3. The molecule has 0 saturated carbocycles. The van der Waals surface area contributed by atoms with Crippen LogP contribution in [0.2, 0.25) is 0 Å². The van der Waals surface area contributed by atoms with Crippen LogP contribution in [0.5, 0.6) is 6.01 Å². The lowest BCUT2D eigenvalue weighted by atomic mass is 9.74. The minimum Gasteiger partial charge on any atom is -0.467 e. The molecule has 2 unspecified atom stereocenters. The summed E-state index contributed by atoms with van der Waals surface area (Å²) in [6.07, 6.45) is 5.16. The number of aromatic nitrogens is 2. The molecule has 1 amide bonds. The number of alkyl halides is 1. The van der Waals surface area contributed by atoms with E-state index in [-0.39, 0.29) is 34.2 Å². The van der Waals surface area contributed by atoms with Gasteiger partial charge in [0.15, 0.2) is 11.6 Å². The van der Waals surface area contributed by atoms with Crippen molar-refractivity contribution in [3.63, 3.8) is 0 Å². The average molecular weight is 724 g/mol. The molecule has 2 aromatic rings. The van der Waals surface area contributed by atoms with E-state index in [0.29, 0.717) is 72.6 Å². The second-order valence-electron chi connectivity index (χ2n) is 14.1. The molecule has 2 aromatic heterocycles. The maximum absolute atomic E-state index is 12.8. The molecule has 1 spiro atoms. The molecule has 0 radical (unpaired) electrons. The number of halogens is 2. The Morgan fingerprint density at radius 3 is 2.46 bits per heavy atom. The fourth-order valence-corrected chi connectivity index (χ4v) is 9.38. The van der Waals surface area contributed by atoms with E-state index in [1.807, 2.05) is 9.80 Å². The molecule has 7 rings (SSSR count). The van der Waals surface area contributed by atoms with Crippen LogP contribution < -0.4 is 26.0 Å². The molecule has 266 valence electrons. The smallest absolute Gasteiger partial charge is 0.320 e. The molecule has 1 aliphatic carbocycles. The number of amides is 1. The third-order valence-electron chi connectivity index (χ3n) is 10.6. The summed E-state index contributed by atoms with van der Waals surface area (Å²) in [4.78, 5) is 34.8. The van der Waals surface area contributed by atoms with Gasteiger partial charge in [0.2, 0.25) is 0 Å². The first-order chi connectivity index (χ1) is 23.8. The zero-order chi connectivity index (χ0) is 36.0. The number of thiophene rings is 1. The Balaban J connectivity index is 0.000000367. The molecule has 4 aliphatic heterocycles. The zero-order valence-corrected chi connectivity index (χ0v) is 30.5. The molecule has 6 heterocycles. The topological polar surface area (TPSA) is 177 Å². The standard InChI is InChI=1S/C26H29ClN10O2S.C8H14FN/c1-35(2)24(38)20(30)19(27)16-11-36(8-4-7-32-16)22-15(10-29)23(34-25(33-22)39-3)37-12-26(13-37)6-5-17-18(26)14(9-28)21(31)40-17;1-8-3-2-4-10(8)6-7(9)5-8/h4-8,11-13,30-31H2,1-3H3;7H,2-6H2,1H3/b20-19+;. The first-order valence-electron chi connectivity index (χ1n) is 16.8. The van der Waals surface area contributed by atoms with E-state index in [4.69, 9.17) is 27.8 Å². The Kier molecular flexibility index (Phi) is 9.87. The normalized spacial score (nSPS) is 24.1. The maximum atomic E-state index is 12.8. The van der Waals surface area contributed by atoms with Gasteiger partial charge in [-0.05, 0) is 57.6 Å². The summed E-state index contributed by atoms with van der Waals surface area (Å²) in [6.45, 7) is 6.42. The number of carbonyl (C=O) groups is 1. The Bertz CT molecular complexity index is 1830. The Labute approximate surface area is 300 Å². The Hall–Kier alpha value is -4.18. The SMILES string of the molecule is CC12CCCN1CC(F)C2.COc1nc(N2CCCN=C(/C(Cl)=C(\N)C(=O)N(C)C)C2)c(C#N)c(N2CC3(CCc4sc(N)c(C#N)c43)C2)n1. The fourth-order valence-electron chi connectivity index (χ4n) is 8.04. The molecule has 16 heteroatoms. The van der Waals surface area contributed by atoms with E-state index in [2.05, 4.69) is 38.9 Å². The third kappa shape index (κ3) is 6.31. The van der Waals surface area contributed by atoms with Gasteiger partial charge in [-0.15, -0.1) is 11.3 Å². The van der Waals surface area contributed by atoms with Crippen molar-refractivity contribution in [2.45, 2.75) is 62.6 Å². The summed E-state index contributed by atoms with van der Waals surface area (Å²) in [5.74, 6) is 0.448. The summed E-state index contributed by atoms with van der Waals surface area (Å²) in [5.41, 5.74) is 14.5. The molecule has 13 nitrogen and oxygen atoms in total. The zero-order valence-electron chi connectivity index (χ0n) is 28.9. The van der Waals surface area contributed by atoms with Gasteiger partial charge in [-0.2, -0.15) is 20.5 Å². The van der Waals surface area contributed by atoms with Crippen LogP contribution in [0.3, 0.4) is 0 Å². The summed E-state index contributed by atoms with van der Waals surface area (Å²) >= 11 is 8.04. The molecule has 5 aliphatic rings. The van der Waals surface area contributed by atoms with E-state index < -0.39 is 12.1 Å². The monoisotopic (exact) mass is 723 g/mol. The van der Waals surface area contributed by atoms with Crippen molar-refractivity contribution in [2.75, 3.05) is 82.6 Å². The number of fused-ring (bicyclic) bond motifs is 3. The van der Waals surface area contributed by atoms with Crippen molar-refractivity contribution >= 4 is 51.2 Å². The first kappa shape index (κ1) is 35.6. The predicted octanol–water partition coefficient (Wildman–Crippen LogP) is 3.31. The van der Waals surface area contributed by atoms with Crippen LogP contribution in [-0.4, -0.2) is 110 Å². The van der Waals surface area contributed by atoms with Crippen molar-refractivity contribution in [1.82, 2.24) is 19.8 Å². The summed E-state index contributed by atoms with van der Waals surface area (Å²) in [5, 5.41) is 20.7. The number of aryl methyl sites for hydroxylation is 1. The van der Waals surface area contributed by atoms with Gasteiger partial charge in [0, 0.05) is 62.7 Å². The van der Waals surface area contributed by atoms with E-state index in [1.54, 1.807) is 14.1 Å². The van der Waals surface area contributed by atoms with Crippen LogP contribution >= 0.6 is 22.9 Å². The number of likely N-dealkylation sites (N-methyl/N-ethyl adjacent to an activating group) is 1. The van der Waals surface area contributed by atoms with Crippen molar-refractivity contribution in [2.24, 2.45) is 10.7 Å². The molecule has 50 heavy (non-hydrogen) atoms. The van der Waals surface area contributed by atoms with Crippen LogP contribution in [0.25, 0.3) is 0 Å². The number of nitrogens with two attached hydrogens (primary N) is 2. The number of nitrogen functional groups attached to an aromatic ring is 1. The van der Waals surface area contributed by atoms with Gasteiger partial charge in [0.25, 0.3) is 5.91 Å². The second-order valence-corrected chi connectivity index (χ2v) is 15.6. The number of hydrogen-bond donors (Lipinski definition) is 2. The molecule has 3 fully saturated rings. The number of methoxy groups -OCH3 is 1. The molecule has 0 aromatic carbocycles. The highest BCUT2D eigenvalue weighted by Gasteiger charge is 2.52. The lowest BCUT2D eigenvalue weighted by Gasteiger charge is -2.49. The maximum Gasteiger partial charge on any atom is 0.320 e. The van der Waals surface area contributed by atoms with Gasteiger partial charge in [-0.25, -0.2) is 4.39 Å². The molecular formula is C34H43ClFN11O2S. The molecule has 2 atom stereocenters. The highest BCUT2D eigenvalue weighted by atomic mass is 35.5. The quantitative estimate of drug-likeness (QED) is 0.433. The average Bonchev–Trinajstić information content (AvgIpc) is 3.73. The first-order valence-corrected chi connectivity index (χ1v) is 18.0. The van der Waals surface area contributed by atoms with Gasteiger partial charge in [0.05, 0.1) is 30.0 Å². The van der Waals surface area contributed by atoms with E-state index >= 15 is 0 Å². The van der Waals surface area contributed by atoms with E-state index in [1.165, 1.54) is 41.1 Å². The van der Waals surface area contributed by atoms with Crippen molar-refractivity contribution in [1.29, 1.82) is 10.5 Å². The molecular weight excluding hydrogens is 681 g/mol. The van der Waals surface area contributed by atoms with E-state index in [0.717, 1.165) is 31.4 Å². The number of nitriles is 2. The van der Waals surface area contributed by atoms with Crippen LogP contribution in [0, 0.1) is 22.7 Å². The van der Waals surface area contributed by atoms with Crippen LogP contribution in [0.4, 0.5) is 21.0 Å². The number of anilines is 3. The number of aliphatic imine (C=N–C) groups is 1. The van der Waals surface area contributed by atoms with E-state index in [9.17, 15) is 19.7 Å². The van der Waals surface area contributed by atoms with Gasteiger partial charge in [0.1, 0.15) is 34.6 Å². The van der Waals surface area contributed by atoms with Crippen LogP contribution in [0.1, 0.15) is 60.6 Å². The van der Waals surface area contributed by atoms with Crippen LogP contribution in [-0.2, 0) is 16.6 Å². The minimum atomic E-state index is -0.551. The third-order valence-corrected chi connectivity index (χ3v) is 12.1. The Morgan fingerprint density at radius 2 is 1.82 bits per heavy atom. The minimum absolute atomic E-state index is 0.0791. The van der Waals surface area contributed by atoms with Gasteiger partial charge >= 0.3 is 6.01 Å². The van der Waals surface area contributed by atoms with Gasteiger partial charge in [-0.3, -0.25) is 14.7 Å². The lowest BCUT2D eigenvalue weighted by molar-refractivity contribution is -0.124. The van der Waals surface area contributed by atoms with Crippen molar-refractivity contribution in [3.05, 3.63) is 32.3 Å². The number of nitrogens with zero attached hydrogens (tertiary/aromatic N) is 9. The molecule has 0 bridgehead atoms. The number of carbonyl (C=O) groups excluding carboxylic acids is 1. The van der Waals surface area contributed by atoms with Gasteiger partial charge < -0.3 is 30.9 Å². The molecule has 4 N–H and O–H groups in total. The Morgan fingerprint density at radius 1 is 1.12 bits per heavy atom. The largest absolute Gasteiger partial charge is 0.467 e. The predicted molar refractivity (Wildman–Crippen MR) is 193 cm³/mol. The van der Waals surface area contributed by atoms with Crippen molar-refractivity contribution in [3.8, 4) is 18.1 Å². The fraction of sp³-hybridized carbons (Fsp3) is 0.588. The summed E-state index contributed by atoms with van der Waals surface area (Å²) in [6, 6.07) is 4.72. The highest BCUT2D eigenvalue weighted by molar-refractivity contribution is 7.16. The number of rotatable bonds is 5. The number of hydrogen-bond acceptors (Lipinski definition) is 13. The molecule has 3 saturated heterocycles.